The molecule has 2 rings (SSSR count). The van der Waals surface area contributed by atoms with Crippen molar-refractivity contribution in [3.05, 3.63) is 41.1 Å². The van der Waals surface area contributed by atoms with Gasteiger partial charge in [-0.3, -0.25) is 10.5 Å². The van der Waals surface area contributed by atoms with Crippen LogP contribution < -0.4 is 10.3 Å². The van der Waals surface area contributed by atoms with E-state index in [1.54, 1.807) is 20.1 Å². The lowest BCUT2D eigenvalue weighted by Gasteiger charge is -2.11. The Morgan fingerprint density at radius 1 is 1.39 bits per heavy atom. The SMILES string of the molecule is CCOC(=O)c1c(NN=Cc2ccc(N(C)C)cc2)n[nH]c1C. The fourth-order valence-electron chi connectivity index (χ4n) is 1.99. The number of H-pyrrole nitrogens is 1. The molecule has 0 unspecified atom stereocenters. The lowest BCUT2D eigenvalue weighted by Crippen LogP contribution is -2.08. The summed E-state index contributed by atoms with van der Waals surface area (Å²) in [6, 6.07) is 7.93. The lowest BCUT2D eigenvalue weighted by atomic mass is 10.2. The Bertz CT molecular complexity index is 689. The van der Waals surface area contributed by atoms with Crippen molar-refractivity contribution < 1.29 is 9.53 Å². The van der Waals surface area contributed by atoms with Gasteiger partial charge in [0.2, 0.25) is 0 Å². The molecule has 0 saturated heterocycles. The number of carbonyl (C=O) groups excluding carboxylic acids is 1. The topological polar surface area (TPSA) is 82.6 Å². The number of anilines is 2. The lowest BCUT2D eigenvalue weighted by molar-refractivity contribution is 0.0526. The molecule has 7 nitrogen and oxygen atoms in total. The van der Waals surface area contributed by atoms with E-state index in [1.807, 2.05) is 43.3 Å². The molecule has 0 aliphatic heterocycles. The largest absolute Gasteiger partial charge is 0.462 e. The minimum atomic E-state index is -0.424. The highest BCUT2D eigenvalue weighted by atomic mass is 16.5. The van der Waals surface area contributed by atoms with E-state index in [-0.39, 0.29) is 0 Å². The Morgan fingerprint density at radius 3 is 2.70 bits per heavy atom. The van der Waals surface area contributed by atoms with Gasteiger partial charge in [0.05, 0.1) is 12.8 Å². The Morgan fingerprint density at radius 2 is 2.09 bits per heavy atom. The molecule has 23 heavy (non-hydrogen) atoms. The maximum atomic E-state index is 11.9. The van der Waals surface area contributed by atoms with E-state index in [2.05, 4.69) is 20.7 Å². The van der Waals surface area contributed by atoms with E-state index < -0.39 is 5.97 Å². The molecule has 2 N–H and O–H groups in total. The van der Waals surface area contributed by atoms with E-state index in [0.717, 1.165) is 11.3 Å². The summed E-state index contributed by atoms with van der Waals surface area (Å²) in [4.78, 5) is 13.9. The first kappa shape index (κ1) is 16.5. The number of aromatic amines is 1. The highest BCUT2D eigenvalue weighted by Crippen LogP contribution is 2.17. The van der Waals surface area contributed by atoms with Gasteiger partial charge in [-0.1, -0.05) is 12.1 Å². The van der Waals surface area contributed by atoms with Crippen LogP contribution in [0.15, 0.2) is 29.4 Å². The molecule has 0 aliphatic rings. The van der Waals surface area contributed by atoms with Crippen molar-refractivity contribution in [1.82, 2.24) is 10.2 Å². The van der Waals surface area contributed by atoms with Crippen LogP contribution in [0.5, 0.6) is 0 Å². The Labute approximate surface area is 135 Å². The van der Waals surface area contributed by atoms with Gasteiger partial charge in [0.25, 0.3) is 0 Å². The average Bonchev–Trinajstić information content (AvgIpc) is 2.89. The van der Waals surface area contributed by atoms with Crippen LogP contribution in [0.1, 0.15) is 28.5 Å². The van der Waals surface area contributed by atoms with Gasteiger partial charge in [-0.2, -0.15) is 10.2 Å². The fourth-order valence-corrected chi connectivity index (χ4v) is 1.99. The summed E-state index contributed by atoms with van der Waals surface area (Å²) >= 11 is 0. The maximum Gasteiger partial charge on any atom is 0.343 e. The summed E-state index contributed by atoms with van der Waals surface area (Å²) in [5.41, 5.74) is 5.83. The van der Waals surface area contributed by atoms with E-state index in [1.165, 1.54) is 0 Å². The molecule has 1 heterocycles. The first-order valence-corrected chi connectivity index (χ1v) is 7.31. The molecule has 0 saturated carbocycles. The minimum absolute atomic E-state index is 0.310. The molecule has 1 aromatic heterocycles. The van der Waals surface area contributed by atoms with Crippen molar-refractivity contribution in [2.24, 2.45) is 5.10 Å². The van der Waals surface area contributed by atoms with Crippen LogP contribution in [0, 0.1) is 6.92 Å². The molecular formula is C16H21N5O2. The first-order chi connectivity index (χ1) is 11.0. The van der Waals surface area contributed by atoms with Crippen LogP contribution in [0.3, 0.4) is 0 Å². The summed E-state index contributed by atoms with van der Waals surface area (Å²) in [5.74, 6) is -0.0751. The van der Waals surface area contributed by atoms with E-state index >= 15 is 0 Å². The number of ether oxygens (including phenoxy) is 1. The Hall–Kier alpha value is -2.83. The van der Waals surface area contributed by atoms with Crippen LogP contribution in [-0.2, 0) is 4.74 Å². The first-order valence-electron chi connectivity index (χ1n) is 7.31. The number of nitrogens with one attached hydrogen (secondary N) is 2. The molecule has 0 aliphatic carbocycles. The molecule has 0 bridgehead atoms. The zero-order chi connectivity index (χ0) is 16.8. The number of aromatic nitrogens is 2. The van der Waals surface area contributed by atoms with Crippen LogP contribution in [-0.4, -0.2) is 43.1 Å². The number of hydrazone groups is 1. The van der Waals surface area contributed by atoms with Crippen LogP contribution in [0.4, 0.5) is 11.5 Å². The molecular weight excluding hydrogens is 294 g/mol. The van der Waals surface area contributed by atoms with Gasteiger partial charge < -0.3 is 9.64 Å². The molecule has 0 amide bonds. The molecule has 1 aromatic carbocycles. The van der Waals surface area contributed by atoms with Crippen molar-refractivity contribution in [2.45, 2.75) is 13.8 Å². The summed E-state index contributed by atoms with van der Waals surface area (Å²) in [7, 11) is 3.98. The molecule has 0 spiro atoms. The second kappa shape index (κ2) is 7.44. The monoisotopic (exact) mass is 315 g/mol. The van der Waals surface area contributed by atoms with Gasteiger partial charge in [0, 0.05) is 25.5 Å². The number of aryl methyl sites for hydroxylation is 1. The third kappa shape index (κ3) is 4.09. The van der Waals surface area contributed by atoms with Crippen LogP contribution >= 0.6 is 0 Å². The predicted molar refractivity (Wildman–Crippen MR) is 91.3 cm³/mol. The van der Waals surface area contributed by atoms with Crippen molar-refractivity contribution in [3.8, 4) is 0 Å². The van der Waals surface area contributed by atoms with Gasteiger partial charge >= 0.3 is 5.97 Å². The standard InChI is InChI=1S/C16H21N5O2/c1-5-23-16(22)14-11(2)18-20-15(14)19-17-10-12-6-8-13(9-7-12)21(3)4/h6-10H,5H2,1-4H3,(H2,18,19,20). The minimum Gasteiger partial charge on any atom is -0.462 e. The molecule has 0 fully saturated rings. The average molecular weight is 315 g/mol. The summed E-state index contributed by atoms with van der Waals surface area (Å²) in [6.07, 6.45) is 1.67. The predicted octanol–water partition coefficient (Wildman–Crippen LogP) is 2.41. The highest BCUT2D eigenvalue weighted by Gasteiger charge is 2.18. The molecule has 0 atom stereocenters. The van der Waals surface area contributed by atoms with Crippen molar-refractivity contribution in [1.29, 1.82) is 0 Å². The number of hydrogen-bond donors (Lipinski definition) is 2. The van der Waals surface area contributed by atoms with Crippen LogP contribution in [0.2, 0.25) is 0 Å². The second-order valence-corrected chi connectivity index (χ2v) is 5.15. The van der Waals surface area contributed by atoms with Gasteiger partial charge in [-0.15, -0.1) is 0 Å². The number of benzene rings is 1. The maximum absolute atomic E-state index is 11.9. The van der Waals surface area contributed by atoms with Crippen molar-refractivity contribution in [2.75, 3.05) is 31.0 Å². The second-order valence-electron chi connectivity index (χ2n) is 5.15. The molecule has 7 heteroatoms. The third-order valence-corrected chi connectivity index (χ3v) is 3.22. The molecule has 122 valence electrons. The van der Waals surface area contributed by atoms with Gasteiger partial charge in [-0.05, 0) is 31.5 Å². The molecule has 2 aromatic rings. The number of carbonyl (C=O) groups is 1. The number of hydrogen-bond acceptors (Lipinski definition) is 6. The van der Waals surface area contributed by atoms with Gasteiger partial charge in [-0.25, -0.2) is 4.79 Å². The Balaban J connectivity index is 2.07. The Kier molecular flexibility index (Phi) is 5.35. The van der Waals surface area contributed by atoms with Crippen LogP contribution in [0.25, 0.3) is 0 Å². The summed E-state index contributed by atoms with van der Waals surface area (Å²) in [6.45, 7) is 3.83. The third-order valence-electron chi connectivity index (χ3n) is 3.22. The summed E-state index contributed by atoms with van der Waals surface area (Å²) in [5, 5.41) is 10.9. The van der Waals surface area contributed by atoms with Crippen molar-refractivity contribution in [3.63, 3.8) is 0 Å². The quantitative estimate of drug-likeness (QED) is 0.486. The highest BCUT2D eigenvalue weighted by molar-refractivity contribution is 5.96. The van der Waals surface area contributed by atoms with E-state index in [4.69, 9.17) is 4.74 Å². The fraction of sp³-hybridized carbons (Fsp3) is 0.312. The van der Waals surface area contributed by atoms with Crippen molar-refractivity contribution >= 4 is 23.7 Å². The number of esters is 1. The number of rotatable bonds is 6. The zero-order valence-electron chi connectivity index (χ0n) is 13.8. The van der Waals surface area contributed by atoms with Gasteiger partial charge in [0.1, 0.15) is 5.56 Å². The summed E-state index contributed by atoms with van der Waals surface area (Å²) < 4.78 is 5.01. The normalized spacial score (nSPS) is 10.8. The van der Waals surface area contributed by atoms with E-state index in [9.17, 15) is 4.79 Å². The van der Waals surface area contributed by atoms with Gasteiger partial charge in [0.15, 0.2) is 5.82 Å². The zero-order valence-corrected chi connectivity index (χ0v) is 13.8. The van der Waals surface area contributed by atoms with E-state index in [0.29, 0.717) is 23.7 Å². The number of nitrogens with zero attached hydrogens (tertiary/aromatic N) is 3. The molecule has 0 radical (unpaired) electrons. The smallest absolute Gasteiger partial charge is 0.343 e.